The molecule has 0 saturated heterocycles. The van der Waals surface area contributed by atoms with Crippen LogP contribution in [0, 0.1) is 0 Å². The highest BCUT2D eigenvalue weighted by Gasteiger charge is 1.77. The van der Waals surface area contributed by atoms with E-state index in [1.807, 2.05) is 6.92 Å². The molecule has 0 atom stereocenters. The van der Waals surface area contributed by atoms with Gasteiger partial charge in [0, 0.05) is 6.20 Å². The van der Waals surface area contributed by atoms with Crippen LogP contribution in [0.2, 0.25) is 0 Å². The number of nitrogens with zero attached hydrogens (tertiary/aromatic N) is 1. The zero-order valence-corrected chi connectivity index (χ0v) is 5.09. The van der Waals surface area contributed by atoms with Crippen molar-refractivity contribution in [2.75, 3.05) is 7.11 Å². The van der Waals surface area contributed by atoms with Crippen molar-refractivity contribution >= 4 is 6.02 Å². The Morgan fingerprint density at radius 1 is 1.75 bits per heavy atom. The van der Waals surface area contributed by atoms with Crippen molar-refractivity contribution in [1.82, 2.24) is 0 Å². The average molecular weight is 114 g/mol. The molecule has 0 spiro atoms. The first-order valence-corrected chi connectivity index (χ1v) is 2.29. The van der Waals surface area contributed by atoms with E-state index in [-0.39, 0.29) is 6.02 Å². The number of rotatable bonds is 1. The fraction of sp³-hybridized carbons (Fsp3) is 0.400. The maximum atomic E-state index is 5.14. The molecule has 0 unspecified atom stereocenters. The van der Waals surface area contributed by atoms with Crippen molar-refractivity contribution in [2.24, 2.45) is 10.7 Å². The van der Waals surface area contributed by atoms with E-state index < -0.39 is 0 Å². The third-order valence-corrected chi connectivity index (χ3v) is 0.560. The second-order valence-corrected chi connectivity index (χ2v) is 1.15. The summed E-state index contributed by atoms with van der Waals surface area (Å²) in [5.41, 5.74) is 5.14. The predicted molar refractivity (Wildman–Crippen MR) is 33.4 cm³/mol. The summed E-state index contributed by atoms with van der Waals surface area (Å²) in [6.45, 7) is 1.85. The summed E-state index contributed by atoms with van der Waals surface area (Å²) >= 11 is 0. The molecule has 0 fully saturated rings. The molecular weight excluding hydrogens is 104 g/mol. The topological polar surface area (TPSA) is 47.6 Å². The third-order valence-electron chi connectivity index (χ3n) is 0.560. The van der Waals surface area contributed by atoms with Crippen molar-refractivity contribution in [2.45, 2.75) is 6.92 Å². The van der Waals surface area contributed by atoms with Gasteiger partial charge < -0.3 is 10.5 Å². The lowest BCUT2D eigenvalue weighted by atomic mass is 10.7. The van der Waals surface area contributed by atoms with Crippen molar-refractivity contribution in [1.29, 1.82) is 0 Å². The standard InChI is InChI=1S/C5H10N2O/c1-3-4-7-5(6)8-2/h3-4H,1-2H3,(H2,6,7)/b4-3-. The maximum Gasteiger partial charge on any atom is 0.286 e. The molecular formula is C5H10N2O. The Hall–Kier alpha value is -0.990. The first-order valence-electron chi connectivity index (χ1n) is 2.29. The number of allylic oxidation sites excluding steroid dienone is 1. The summed E-state index contributed by atoms with van der Waals surface area (Å²) in [4.78, 5) is 3.65. The maximum absolute atomic E-state index is 5.14. The molecule has 3 nitrogen and oxygen atoms in total. The van der Waals surface area contributed by atoms with Crippen LogP contribution in [0.4, 0.5) is 0 Å². The van der Waals surface area contributed by atoms with Crippen LogP contribution in [0.25, 0.3) is 0 Å². The fourth-order valence-electron chi connectivity index (χ4n) is 0.201. The van der Waals surface area contributed by atoms with Gasteiger partial charge in [-0.25, -0.2) is 4.99 Å². The average Bonchev–Trinajstić information content (AvgIpc) is 1.83. The van der Waals surface area contributed by atoms with Crippen LogP contribution in [0.5, 0.6) is 0 Å². The molecule has 0 aliphatic heterocycles. The molecule has 0 aliphatic rings. The minimum absolute atomic E-state index is 0.183. The van der Waals surface area contributed by atoms with Crippen molar-refractivity contribution in [3.63, 3.8) is 0 Å². The lowest BCUT2D eigenvalue weighted by molar-refractivity contribution is 0.397. The first kappa shape index (κ1) is 7.01. The van der Waals surface area contributed by atoms with Crippen LogP contribution >= 0.6 is 0 Å². The molecule has 0 aromatic carbocycles. The highest BCUT2D eigenvalue weighted by molar-refractivity contribution is 5.71. The normalized spacial score (nSPS) is 12.5. The van der Waals surface area contributed by atoms with E-state index in [4.69, 9.17) is 5.73 Å². The highest BCUT2D eigenvalue weighted by Crippen LogP contribution is 1.73. The van der Waals surface area contributed by atoms with E-state index in [9.17, 15) is 0 Å². The molecule has 0 amide bonds. The summed E-state index contributed by atoms with van der Waals surface area (Å²) in [6, 6.07) is 0.183. The second kappa shape index (κ2) is 4.18. The molecule has 0 aliphatic carbocycles. The highest BCUT2D eigenvalue weighted by atomic mass is 16.5. The summed E-state index contributed by atoms with van der Waals surface area (Å²) in [7, 11) is 1.47. The van der Waals surface area contributed by atoms with Gasteiger partial charge >= 0.3 is 0 Å². The number of ether oxygens (including phenoxy) is 1. The number of aliphatic imine (C=N–C) groups is 1. The van der Waals surface area contributed by atoms with E-state index in [2.05, 4.69) is 9.73 Å². The van der Waals surface area contributed by atoms with Crippen LogP contribution < -0.4 is 5.73 Å². The Kier molecular flexibility index (Phi) is 3.66. The van der Waals surface area contributed by atoms with Gasteiger partial charge in [-0.1, -0.05) is 6.08 Å². The van der Waals surface area contributed by atoms with Gasteiger partial charge in [0.15, 0.2) is 0 Å². The minimum atomic E-state index is 0.183. The Bertz CT molecular complexity index is 107. The van der Waals surface area contributed by atoms with Gasteiger partial charge in [0.05, 0.1) is 7.11 Å². The van der Waals surface area contributed by atoms with E-state index in [0.29, 0.717) is 0 Å². The van der Waals surface area contributed by atoms with Gasteiger partial charge in [0.2, 0.25) is 0 Å². The SMILES string of the molecule is C/C=C\N=C(N)OC. The van der Waals surface area contributed by atoms with Crippen LogP contribution in [-0.4, -0.2) is 13.1 Å². The molecule has 0 rings (SSSR count). The number of methoxy groups -OCH3 is 1. The van der Waals surface area contributed by atoms with Crippen LogP contribution in [-0.2, 0) is 4.74 Å². The molecule has 0 aromatic heterocycles. The molecule has 0 radical (unpaired) electrons. The molecule has 0 heterocycles. The molecule has 46 valence electrons. The Labute approximate surface area is 48.9 Å². The zero-order valence-electron chi connectivity index (χ0n) is 5.09. The molecule has 0 saturated carbocycles. The lowest BCUT2D eigenvalue weighted by Crippen LogP contribution is -2.12. The van der Waals surface area contributed by atoms with Crippen LogP contribution in [0.3, 0.4) is 0 Å². The number of amidine groups is 1. The van der Waals surface area contributed by atoms with Gasteiger partial charge in [-0.3, -0.25) is 0 Å². The summed E-state index contributed by atoms with van der Waals surface area (Å²) in [5.74, 6) is 0. The van der Waals surface area contributed by atoms with Gasteiger partial charge in [-0.2, -0.15) is 0 Å². The van der Waals surface area contributed by atoms with Gasteiger partial charge in [0.1, 0.15) is 0 Å². The van der Waals surface area contributed by atoms with Gasteiger partial charge in [0.25, 0.3) is 6.02 Å². The molecule has 8 heavy (non-hydrogen) atoms. The van der Waals surface area contributed by atoms with E-state index in [0.717, 1.165) is 0 Å². The predicted octanol–water partition coefficient (Wildman–Crippen LogP) is 0.481. The number of hydrogen-bond donors (Lipinski definition) is 1. The number of nitrogens with two attached hydrogens (primary N) is 1. The van der Waals surface area contributed by atoms with Crippen molar-refractivity contribution in [3.8, 4) is 0 Å². The van der Waals surface area contributed by atoms with E-state index in [1.54, 1.807) is 12.3 Å². The summed E-state index contributed by atoms with van der Waals surface area (Å²) in [5, 5.41) is 0. The minimum Gasteiger partial charge on any atom is -0.469 e. The molecule has 0 bridgehead atoms. The van der Waals surface area contributed by atoms with Crippen molar-refractivity contribution < 1.29 is 4.74 Å². The quantitative estimate of drug-likeness (QED) is 0.398. The third kappa shape index (κ3) is 3.21. The zero-order chi connectivity index (χ0) is 6.41. The lowest BCUT2D eigenvalue weighted by Gasteiger charge is -1.90. The summed E-state index contributed by atoms with van der Waals surface area (Å²) < 4.78 is 4.53. The monoisotopic (exact) mass is 114 g/mol. The van der Waals surface area contributed by atoms with Crippen molar-refractivity contribution in [3.05, 3.63) is 12.3 Å². The van der Waals surface area contributed by atoms with Crippen LogP contribution in [0.1, 0.15) is 6.92 Å². The smallest absolute Gasteiger partial charge is 0.286 e. The molecule has 3 heteroatoms. The fourth-order valence-corrected chi connectivity index (χ4v) is 0.201. The number of hydrogen-bond acceptors (Lipinski definition) is 2. The van der Waals surface area contributed by atoms with E-state index in [1.165, 1.54) is 7.11 Å². The Morgan fingerprint density at radius 2 is 2.38 bits per heavy atom. The van der Waals surface area contributed by atoms with E-state index >= 15 is 0 Å². The Morgan fingerprint density at radius 3 is 2.75 bits per heavy atom. The largest absolute Gasteiger partial charge is 0.469 e. The van der Waals surface area contributed by atoms with Gasteiger partial charge in [-0.15, -0.1) is 0 Å². The summed E-state index contributed by atoms with van der Waals surface area (Å²) in [6.07, 6.45) is 3.34. The van der Waals surface area contributed by atoms with Crippen LogP contribution in [0.15, 0.2) is 17.3 Å². The first-order chi connectivity index (χ1) is 3.81. The second-order valence-electron chi connectivity index (χ2n) is 1.15. The Balaban J connectivity index is 3.57. The molecule has 0 aromatic rings. The van der Waals surface area contributed by atoms with Gasteiger partial charge in [-0.05, 0) is 6.92 Å². The molecule has 2 N–H and O–H groups in total.